The van der Waals surface area contributed by atoms with E-state index in [1.807, 2.05) is 6.92 Å². The summed E-state index contributed by atoms with van der Waals surface area (Å²) in [6.07, 6.45) is 3.71. The van der Waals surface area contributed by atoms with Crippen LogP contribution in [-0.2, 0) is 28.6 Å². The van der Waals surface area contributed by atoms with Crippen molar-refractivity contribution in [3.8, 4) is 0 Å². The number of ketones is 2. The van der Waals surface area contributed by atoms with Crippen LogP contribution in [0.3, 0.4) is 0 Å². The molecule has 0 aromatic carbocycles. The molecule has 2 bridgehead atoms. The van der Waals surface area contributed by atoms with Crippen molar-refractivity contribution in [2.75, 3.05) is 26.6 Å². The van der Waals surface area contributed by atoms with E-state index in [1.165, 1.54) is 20.3 Å². The lowest BCUT2D eigenvalue weighted by atomic mass is 9.85. The molecule has 0 spiro atoms. The quantitative estimate of drug-likeness (QED) is 0.202. The van der Waals surface area contributed by atoms with Crippen molar-refractivity contribution in [2.24, 2.45) is 17.6 Å². The molecule has 0 fully saturated rings. The maximum absolute atomic E-state index is 13.5. The molecule has 0 aromatic heterocycles. The van der Waals surface area contributed by atoms with Crippen LogP contribution in [-0.4, -0.2) is 79.7 Å². The molecular weight excluding hydrogens is 566 g/mol. The topological polar surface area (TPSA) is 166 Å². The molecule has 11 nitrogen and oxygen atoms in total. The number of carbonyl (C=O) groups excluding carboxylic acids is 4. The summed E-state index contributed by atoms with van der Waals surface area (Å²) in [5.41, 5.74) is 6.38. The minimum absolute atomic E-state index is 0.138. The Bertz CT molecular complexity index is 1190. The number of hydrogen-bond acceptors (Lipinski definition) is 9. The van der Waals surface area contributed by atoms with Crippen molar-refractivity contribution >= 4 is 35.2 Å². The second-order valence-electron chi connectivity index (χ2n) is 10.5. The van der Waals surface area contributed by atoms with Crippen molar-refractivity contribution in [1.29, 1.82) is 0 Å². The van der Waals surface area contributed by atoms with Gasteiger partial charge >= 0.3 is 6.09 Å². The molecule has 0 aromatic rings. The summed E-state index contributed by atoms with van der Waals surface area (Å²) in [5, 5.41) is 16.7. The average molecular weight is 608 g/mol. The normalized spacial score (nSPS) is 31.7. The number of nitrogens with one attached hydrogen (secondary N) is 2. The first-order valence-electron chi connectivity index (χ1n) is 13.7. The van der Waals surface area contributed by atoms with Crippen LogP contribution < -0.4 is 16.4 Å². The number of ether oxygens (including phenoxy) is 3. The van der Waals surface area contributed by atoms with E-state index >= 15 is 0 Å². The first-order chi connectivity index (χ1) is 19.8. The predicted molar refractivity (Wildman–Crippen MR) is 158 cm³/mol. The van der Waals surface area contributed by atoms with Gasteiger partial charge in [-0.1, -0.05) is 38.2 Å². The molecule has 1 aliphatic heterocycles. The van der Waals surface area contributed by atoms with Crippen LogP contribution in [0.5, 0.6) is 0 Å². The van der Waals surface area contributed by atoms with Crippen molar-refractivity contribution in [2.45, 2.75) is 65.0 Å². The average Bonchev–Trinajstić information content (AvgIpc) is 2.94. The zero-order chi connectivity index (χ0) is 31.6. The molecule has 42 heavy (non-hydrogen) atoms. The van der Waals surface area contributed by atoms with Gasteiger partial charge in [0, 0.05) is 49.8 Å². The van der Waals surface area contributed by atoms with Crippen molar-refractivity contribution in [1.82, 2.24) is 10.6 Å². The molecule has 0 saturated carbocycles. The van der Waals surface area contributed by atoms with Gasteiger partial charge in [0.2, 0.25) is 11.6 Å². The highest BCUT2D eigenvalue weighted by molar-refractivity contribution is 6.23. The summed E-state index contributed by atoms with van der Waals surface area (Å²) in [6, 6.07) is 0. The molecular formula is C30H42ClN3O8. The van der Waals surface area contributed by atoms with E-state index in [2.05, 4.69) is 10.6 Å². The van der Waals surface area contributed by atoms with Crippen LogP contribution in [0.1, 0.15) is 40.5 Å². The summed E-state index contributed by atoms with van der Waals surface area (Å²) < 4.78 is 16.5. The number of rotatable bonds is 6. The molecule has 2 rings (SSSR count). The number of amides is 2. The Kier molecular flexibility index (Phi) is 13.6. The lowest BCUT2D eigenvalue weighted by molar-refractivity contribution is -0.120. The summed E-state index contributed by atoms with van der Waals surface area (Å²) >= 11 is 5.82. The number of alkyl halides is 1. The van der Waals surface area contributed by atoms with E-state index in [1.54, 1.807) is 39.0 Å². The van der Waals surface area contributed by atoms with Gasteiger partial charge in [0.1, 0.15) is 6.10 Å². The predicted octanol–water partition coefficient (Wildman–Crippen LogP) is 2.59. The van der Waals surface area contributed by atoms with Gasteiger partial charge in [0.05, 0.1) is 23.6 Å². The number of allylic oxidation sites excluding steroid dienone is 4. The van der Waals surface area contributed by atoms with Gasteiger partial charge in [-0.05, 0) is 38.2 Å². The molecule has 1 aliphatic carbocycles. The van der Waals surface area contributed by atoms with Gasteiger partial charge < -0.3 is 35.7 Å². The number of aliphatic hydroxyl groups is 1. The molecule has 6 unspecified atom stereocenters. The number of aliphatic hydroxyl groups excluding tert-OH is 1. The third-order valence-corrected chi connectivity index (χ3v) is 7.38. The number of methoxy groups -OCH3 is 2. The van der Waals surface area contributed by atoms with E-state index in [0.29, 0.717) is 12.0 Å². The molecule has 2 aliphatic rings. The smallest absolute Gasteiger partial charge is 0.405 e. The molecule has 5 N–H and O–H groups in total. The fraction of sp³-hybridized carbons (Fsp3) is 0.533. The third-order valence-electron chi connectivity index (χ3n) is 7.19. The monoisotopic (exact) mass is 607 g/mol. The Morgan fingerprint density at radius 1 is 1.19 bits per heavy atom. The third kappa shape index (κ3) is 9.38. The van der Waals surface area contributed by atoms with Crippen LogP contribution in [0.2, 0.25) is 0 Å². The highest BCUT2D eigenvalue weighted by atomic mass is 35.5. The number of Topliss-reactive ketones (excluding diaryl/α,β-unsaturated/α-hetero) is 1. The lowest BCUT2D eigenvalue weighted by Crippen LogP contribution is -2.38. The highest BCUT2D eigenvalue weighted by Gasteiger charge is 2.33. The van der Waals surface area contributed by atoms with Crippen LogP contribution in [0.25, 0.3) is 0 Å². The van der Waals surface area contributed by atoms with E-state index in [9.17, 15) is 24.3 Å². The molecule has 0 radical (unpaired) electrons. The standard InChI is InChI=1S/C30H42ClN3O8/c1-16-12-20-25(33-11-10-31)22(35)15-21(27(20)37)34-29(38)17(2)8-7-9-23(40-5)28(42-30(32)39)19(4)14-18(3)26(36)24(13-16)41-6/h7-9,14-16,18,23-24,26,28,33,36H,10-13H2,1-6H3,(H2,32,39)(H,34,38)/b9-7-,17-8-,19-14-. The zero-order valence-corrected chi connectivity index (χ0v) is 25.7. The van der Waals surface area contributed by atoms with Crippen LogP contribution in [0.4, 0.5) is 4.79 Å². The first kappa shape index (κ1) is 34.9. The Labute approximate surface area is 251 Å². The Morgan fingerprint density at radius 3 is 2.48 bits per heavy atom. The minimum atomic E-state index is -1.00. The van der Waals surface area contributed by atoms with Crippen molar-refractivity contribution in [3.63, 3.8) is 0 Å². The number of halogens is 1. The number of nitrogens with two attached hydrogens (primary N) is 1. The van der Waals surface area contributed by atoms with Gasteiger partial charge in [0.25, 0.3) is 5.91 Å². The zero-order valence-electron chi connectivity index (χ0n) is 24.9. The Balaban J connectivity index is 2.61. The van der Waals surface area contributed by atoms with Crippen LogP contribution >= 0.6 is 11.6 Å². The molecule has 6 atom stereocenters. The summed E-state index contributed by atoms with van der Waals surface area (Å²) in [5.74, 6) is -1.96. The minimum Gasteiger partial charge on any atom is -0.439 e. The molecule has 12 heteroatoms. The molecule has 232 valence electrons. The summed E-state index contributed by atoms with van der Waals surface area (Å²) in [7, 11) is 2.91. The van der Waals surface area contributed by atoms with Crippen LogP contribution in [0.15, 0.2) is 58.5 Å². The Hall–Kier alpha value is -3.25. The molecule has 2 amide bonds. The van der Waals surface area contributed by atoms with Gasteiger partial charge in [-0.3, -0.25) is 14.4 Å². The maximum atomic E-state index is 13.5. The van der Waals surface area contributed by atoms with Gasteiger partial charge in [-0.15, -0.1) is 11.6 Å². The molecule has 1 heterocycles. The SMILES string of the molecule is COC1/C=C\C=C(\C)C(=O)NC2=CC(=O)C(NCCCl)=C(CC(C)CC(OC)C(O)C(C)/C=C(/C)C1OC(N)=O)C2=O. The lowest BCUT2D eigenvalue weighted by Gasteiger charge is -2.30. The van der Waals surface area contributed by atoms with Gasteiger partial charge in [-0.2, -0.15) is 0 Å². The number of fused-ring (bicyclic) bond motifs is 2. The van der Waals surface area contributed by atoms with Crippen molar-refractivity contribution in [3.05, 3.63) is 58.5 Å². The fourth-order valence-corrected chi connectivity index (χ4v) is 5.05. The summed E-state index contributed by atoms with van der Waals surface area (Å²) in [6.45, 7) is 7.22. The fourth-order valence-electron chi connectivity index (χ4n) is 4.95. The Morgan fingerprint density at radius 2 is 1.88 bits per heavy atom. The summed E-state index contributed by atoms with van der Waals surface area (Å²) in [4.78, 5) is 51.3. The van der Waals surface area contributed by atoms with Crippen molar-refractivity contribution < 1.29 is 38.5 Å². The van der Waals surface area contributed by atoms with E-state index < -0.39 is 53.9 Å². The van der Waals surface area contributed by atoms with Crippen LogP contribution in [0, 0.1) is 11.8 Å². The van der Waals surface area contributed by atoms with E-state index in [4.69, 9.17) is 31.5 Å². The number of primary amides is 1. The van der Waals surface area contributed by atoms with Gasteiger partial charge in [-0.25, -0.2) is 4.79 Å². The van der Waals surface area contributed by atoms with E-state index in [0.717, 1.165) is 6.08 Å². The number of carbonyl (C=O) groups is 4. The second-order valence-corrected chi connectivity index (χ2v) is 10.9. The molecule has 0 saturated heterocycles. The largest absolute Gasteiger partial charge is 0.439 e. The second kappa shape index (κ2) is 16.4. The van der Waals surface area contributed by atoms with Gasteiger partial charge in [0.15, 0.2) is 6.10 Å². The van der Waals surface area contributed by atoms with E-state index in [-0.39, 0.29) is 47.3 Å². The maximum Gasteiger partial charge on any atom is 0.405 e. The highest BCUT2D eigenvalue weighted by Crippen LogP contribution is 2.28. The first-order valence-corrected chi connectivity index (χ1v) is 14.3. The number of hydrogen-bond donors (Lipinski definition) is 4.